The fourth-order valence-electron chi connectivity index (χ4n) is 4.17. The number of furan rings is 1. The number of fused-ring (bicyclic) bond motifs is 2. The lowest BCUT2D eigenvalue weighted by atomic mass is 9.97. The third-order valence-corrected chi connectivity index (χ3v) is 6.65. The summed E-state index contributed by atoms with van der Waals surface area (Å²) in [6, 6.07) is 12.2. The van der Waals surface area contributed by atoms with Gasteiger partial charge in [-0.05, 0) is 47.7 Å². The zero-order valence-electron chi connectivity index (χ0n) is 16.3. The van der Waals surface area contributed by atoms with Crippen molar-refractivity contribution in [3.8, 4) is 0 Å². The van der Waals surface area contributed by atoms with Crippen LogP contribution in [0.3, 0.4) is 0 Å². The molecule has 0 bridgehead atoms. The van der Waals surface area contributed by atoms with E-state index in [1.54, 1.807) is 59.9 Å². The molecular formula is C22H19N3O4S. The Morgan fingerprint density at radius 3 is 2.80 bits per heavy atom. The molecule has 0 fully saturated rings. The van der Waals surface area contributed by atoms with Crippen molar-refractivity contribution in [1.82, 2.24) is 14.0 Å². The number of rotatable bonds is 3. The van der Waals surface area contributed by atoms with E-state index in [0.29, 0.717) is 23.2 Å². The van der Waals surface area contributed by atoms with Crippen LogP contribution in [0.15, 0.2) is 68.1 Å². The van der Waals surface area contributed by atoms with E-state index in [-0.39, 0.29) is 18.5 Å². The zero-order chi connectivity index (χ0) is 20.8. The third kappa shape index (κ3) is 2.83. The SMILES string of the molecule is Cn1c(=O)n(CC(=O)N2CCc3sccc3C2c2ccco2)c(=O)c2ccccc21. The van der Waals surface area contributed by atoms with E-state index < -0.39 is 11.2 Å². The predicted octanol–water partition coefficient (Wildman–Crippen LogP) is 2.53. The van der Waals surface area contributed by atoms with Gasteiger partial charge in [0.05, 0.1) is 17.2 Å². The van der Waals surface area contributed by atoms with E-state index in [0.717, 1.165) is 16.6 Å². The maximum atomic E-state index is 13.3. The number of thiophene rings is 1. The summed E-state index contributed by atoms with van der Waals surface area (Å²) in [6.07, 6.45) is 2.32. The van der Waals surface area contributed by atoms with E-state index in [9.17, 15) is 14.4 Å². The molecule has 0 spiro atoms. The molecule has 1 aliphatic heterocycles. The molecule has 0 saturated heterocycles. The van der Waals surface area contributed by atoms with Crippen LogP contribution >= 0.6 is 11.3 Å². The quantitative estimate of drug-likeness (QED) is 0.509. The van der Waals surface area contributed by atoms with E-state index >= 15 is 0 Å². The summed E-state index contributed by atoms with van der Waals surface area (Å²) in [5.74, 6) is 0.379. The molecule has 0 radical (unpaired) electrons. The molecule has 1 aromatic carbocycles. The molecular weight excluding hydrogens is 402 g/mol. The zero-order valence-corrected chi connectivity index (χ0v) is 17.1. The highest BCUT2D eigenvalue weighted by Crippen LogP contribution is 2.38. The number of aromatic nitrogens is 2. The average Bonchev–Trinajstić information content (AvgIpc) is 3.46. The van der Waals surface area contributed by atoms with Gasteiger partial charge in [0, 0.05) is 18.5 Å². The molecule has 0 aliphatic carbocycles. The van der Waals surface area contributed by atoms with Crippen LogP contribution in [0.5, 0.6) is 0 Å². The summed E-state index contributed by atoms with van der Waals surface area (Å²) in [6.45, 7) is 0.188. The van der Waals surface area contributed by atoms with Crippen LogP contribution in [0.2, 0.25) is 0 Å². The van der Waals surface area contributed by atoms with Gasteiger partial charge in [-0.25, -0.2) is 4.79 Å². The molecule has 0 saturated carbocycles. The number of nitrogens with zero attached hydrogens (tertiary/aromatic N) is 3. The Balaban J connectivity index is 1.56. The van der Waals surface area contributed by atoms with E-state index in [1.165, 1.54) is 9.44 Å². The van der Waals surface area contributed by atoms with Crippen molar-refractivity contribution in [1.29, 1.82) is 0 Å². The van der Waals surface area contributed by atoms with Crippen LogP contribution < -0.4 is 11.2 Å². The molecule has 30 heavy (non-hydrogen) atoms. The molecule has 0 N–H and O–H groups in total. The minimum absolute atomic E-state index is 0.289. The second-order valence-electron chi connectivity index (χ2n) is 7.30. The van der Waals surface area contributed by atoms with Crippen LogP contribution in [0, 0.1) is 0 Å². The average molecular weight is 421 g/mol. The molecule has 8 heteroatoms. The summed E-state index contributed by atoms with van der Waals surface area (Å²) >= 11 is 1.66. The van der Waals surface area contributed by atoms with Gasteiger partial charge in [-0.15, -0.1) is 11.3 Å². The number of benzene rings is 1. The molecule has 1 aliphatic rings. The molecule has 4 heterocycles. The van der Waals surface area contributed by atoms with Crippen molar-refractivity contribution >= 4 is 28.1 Å². The Hall–Kier alpha value is -3.39. The van der Waals surface area contributed by atoms with E-state index in [1.807, 2.05) is 17.5 Å². The Labute approximate surface area is 175 Å². The van der Waals surface area contributed by atoms with Crippen molar-refractivity contribution in [2.75, 3.05) is 6.54 Å². The summed E-state index contributed by atoms with van der Waals surface area (Å²) in [4.78, 5) is 42.0. The molecule has 3 aromatic heterocycles. The molecule has 7 nitrogen and oxygen atoms in total. The third-order valence-electron chi connectivity index (χ3n) is 5.65. The minimum Gasteiger partial charge on any atom is -0.467 e. The van der Waals surface area contributed by atoms with Gasteiger partial charge in [-0.1, -0.05) is 12.1 Å². The van der Waals surface area contributed by atoms with Crippen LogP contribution in [0.4, 0.5) is 0 Å². The molecule has 1 unspecified atom stereocenters. The fourth-order valence-corrected chi connectivity index (χ4v) is 5.07. The highest BCUT2D eigenvalue weighted by molar-refractivity contribution is 7.10. The van der Waals surface area contributed by atoms with Gasteiger partial charge in [0.1, 0.15) is 18.3 Å². The van der Waals surface area contributed by atoms with Gasteiger partial charge in [-0.2, -0.15) is 0 Å². The first kappa shape index (κ1) is 18.6. The number of amides is 1. The Morgan fingerprint density at radius 2 is 2.00 bits per heavy atom. The number of hydrogen-bond acceptors (Lipinski definition) is 5. The first-order valence-electron chi connectivity index (χ1n) is 9.64. The predicted molar refractivity (Wildman–Crippen MR) is 114 cm³/mol. The summed E-state index contributed by atoms with van der Waals surface area (Å²) in [5.41, 5.74) is 0.624. The van der Waals surface area contributed by atoms with Gasteiger partial charge in [0.15, 0.2) is 0 Å². The Morgan fingerprint density at radius 1 is 1.17 bits per heavy atom. The first-order valence-corrected chi connectivity index (χ1v) is 10.5. The Kier molecular flexibility index (Phi) is 4.43. The second-order valence-corrected chi connectivity index (χ2v) is 8.30. The monoisotopic (exact) mass is 421 g/mol. The summed E-state index contributed by atoms with van der Waals surface area (Å²) in [7, 11) is 1.61. The molecule has 1 atom stereocenters. The van der Waals surface area contributed by atoms with Crippen LogP contribution in [-0.2, 0) is 24.8 Å². The summed E-state index contributed by atoms with van der Waals surface area (Å²) in [5, 5.41) is 2.42. The van der Waals surface area contributed by atoms with Crippen LogP contribution in [0.25, 0.3) is 10.9 Å². The Bertz CT molecular complexity index is 1360. The molecule has 5 rings (SSSR count). The molecule has 1 amide bonds. The number of carbonyl (C=O) groups excluding carboxylic acids is 1. The number of para-hydroxylation sites is 1. The normalized spacial score (nSPS) is 16.0. The van der Waals surface area contributed by atoms with E-state index in [2.05, 4.69) is 0 Å². The van der Waals surface area contributed by atoms with Gasteiger partial charge in [0.25, 0.3) is 5.56 Å². The molecule has 152 valence electrons. The maximum absolute atomic E-state index is 13.3. The van der Waals surface area contributed by atoms with Gasteiger partial charge in [0.2, 0.25) is 5.91 Å². The largest absolute Gasteiger partial charge is 0.467 e. The molecule has 4 aromatic rings. The standard InChI is InChI=1S/C22H19N3O4S/c1-23-16-6-3-2-5-14(16)21(27)25(22(23)28)13-19(26)24-10-8-18-15(9-12-30-18)20(24)17-7-4-11-29-17/h2-7,9,11-12,20H,8,10,13H2,1H3. The van der Waals surface area contributed by atoms with Crippen LogP contribution in [0.1, 0.15) is 22.2 Å². The maximum Gasteiger partial charge on any atom is 0.331 e. The fraction of sp³-hybridized carbons (Fsp3) is 0.227. The lowest BCUT2D eigenvalue weighted by molar-refractivity contribution is -0.134. The highest BCUT2D eigenvalue weighted by Gasteiger charge is 2.34. The second kappa shape index (κ2) is 7.14. The smallest absolute Gasteiger partial charge is 0.331 e. The number of carbonyl (C=O) groups is 1. The number of aryl methyl sites for hydroxylation is 1. The lowest BCUT2D eigenvalue weighted by Crippen LogP contribution is -2.47. The van der Waals surface area contributed by atoms with Crippen molar-refractivity contribution < 1.29 is 9.21 Å². The summed E-state index contributed by atoms with van der Waals surface area (Å²) < 4.78 is 8.06. The lowest BCUT2D eigenvalue weighted by Gasteiger charge is -2.34. The van der Waals surface area contributed by atoms with Crippen LogP contribution in [-0.4, -0.2) is 26.5 Å². The first-order chi connectivity index (χ1) is 14.6. The van der Waals surface area contributed by atoms with E-state index in [4.69, 9.17) is 4.42 Å². The minimum atomic E-state index is -0.505. The topological polar surface area (TPSA) is 77.5 Å². The van der Waals surface area contributed by atoms with Gasteiger partial charge >= 0.3 is 5.69 Å². The van der Waals surface area contributed by atoms with Crippen molar-refractivity contribution in [3.05, 3.63) is 91.1 Å². The van der Waals surface area contributed by atoms with Gasteiger partial charge in [-0.3, -0.25) is 18.7 Å². The van der Waals surface area contributed by atoms with Crippen molar-refractivity contribution in [3.63, 3.8) is 0 Å². The van der Waals surface area contributed by atoms with Crippen molar-refractivity contribution in [2.45, 2.75) is 19.0 Å². The highest BCUT2D eigenvalue weighted by atomic mass is 32.1. The number of hydrogen-bond donors (Lipinski definition) is 0. The van der Waals surface area contributed by atoms with Gasteiger partial charge < -0.3 is 9.32 Å². The van der Waals surface area contributed by atoms with Crippen molar-refractivity contribution in [2.24, 2.45) is 7.05 Å².